The number of nitrogens with two attached hydrogens (primary N) is 1. The summed E-state index contributed by atoms with van der Waals surface area (Å²) < 4.78 is 5.31. The molecule has 0 aliphatic heterocycles. The van der Waals surface area contributed by atoms with Crippen LogP contribution in [0.25, 0.3) is 11.6 Å². The summed E-state index contributed by atoms with van der Waals surface area (Å²) in [4.78, 5) is 8.69. The number of aromatic nitrogens is 3. The summed E-state index contributed by atoms with van der Waals surface area (Å²) in [5.74, 6) is 2.47. The zero-order chi connectivity index (χ0) is 13.2. The van der Waals surface area contributed by atoms with Crippen LogP contribution < -0.4 is 5.73 Å². The molecule has 1 saturated carbocycles. The molecule has 2 unspecified atom stereocenters. The second-order valence-electron chi connectivity index (χ2n) is 5.40. The summed E-state index contributed by atoms with van der Waals surface area (Å²) in [5, 5.41) is 4.12. The van der Waals surface area contributed by atoms with Crippen molar-refractivity contribution in [2.75, 3.05) is 5.73 Å². The lowest BCUT2D eigenvalue weighted by atomic mass is 9.82. The van der Waals surface area contributed by atoms with Crippen LogP contribution in [0.1, 0.15) is 44.3 Å². The average molecular weight is 258 g/mol. The predicted molar refractivity (Wildman–Crippen MR) is 72.3 cm³/mol. The van der Waals surface area contributed by atoms with Crippen LogP contribution in [0.4, 0.5) is 5.69 Å². The molecule has 0 radical (unpaired) electrons. The van der Waals surface area contributed by atoms with Crippen LogP contribution >= 0.6 is 0 Å². The first kappa shape index (κ1) is 12.1. The van der Waals surface area contributed by atoms with Crippen LogP contribution in [-0.4, -0.2) is 15.1 Å². The van der Waals surface area contributed by atoms with Crippen molar-refractivity contribution in [2.24, 2.45) is 5.92 Å². The zero-order valence-electron chi connectivity index (χ0n) is 11.0. The van der Waals surface area contributed by atoms with Gasteiger partial charge in [0, 0.05) is 5.92 Å². The van der Waals surface area contributed by atoms with Crippen LogP contribution in [0.15, 0.2) is 22.9 Å². The van der Waals surface area contributed by atoms with E-state index in [0.29, 0.717) is 23.2 Å². The van der Waals surface area contributed by atoms with Gasteiger partial charge in [0.2, 0.25) is 0 Å². The molecule has 5 nitrogen and oxygen atoms in total. The van der Waals surface area contributed by atoms with Crippen molar-refractivity contribution in [2.45, 2.75) is 38.5 Å². The highest BCUT2D eigenvalue weighted by atomic mass is 16.5. The second kappa shape index (κ2) is 4.99. The number of nitrogen functional groups attached to an aromatic ring is 1. The van der Waals surface area contributed by atoms with Gasteiger partial charge in [-0.15, -0.1) is 0 Å². The fourth-order valence-corrected chi connectivity index (χ4v) is 2.71. The van der Waals surface area contributed by atoms with Crippen LogP contribution in [0.2, 0.25) is 0 Å². The third-order valence-electron chi connectivity index (χ3n) is 3.75. The largest absolute Gasteiger partial charge is 0.397 e. The molecule has 100 valence electrons. The molecule has 2 aromatic heterocycles. The van der Waals surface area contributed by atoms with Crippen LogP contribution in [0.5, 0.6) is 0 Å². The lowest BCUT2D eigenvalue weighted by Gasteiger charge is -2.23. The molecule has 0 aromatic carbocycles. The lowest BCUT2D eigenvalue weighted by molar-refractivity contribution is 0.324. The Kier molecular flexibility index (Phi) is 3.19. The van der Waals surface area contributed by atoms with E-state index in [1.165, 1.54) is 12.8 Å². The highest BCUT2D eigenvalue weighted by Gasteiger charge is 2.25. The average Bonchev–Trinajstić information content (AvgIpc) is 2.89. The van der Waals surface area contributed by atoms with Crippen molar-refractivity contribution < 1.29 is 4.52 Å². The Morgan fingerprint density at radius 1 is 1.32 bits per heavy atom. The van der Waals surface area contributed by atoms with Crippen LogP contribution in [-0.2, 0) is 0 Å². The Morgan fingerprint density at radius 2 is 2.21 bits per heavy atom. The Balaban J connectivity index is 1.81. The van der Waals surface area contributed by atoms with Gasteiger partial charge in [-0.3, -0.25) is 0 Å². The quantitative estimate of drug-likeness (QED) is 0.895. The fourth-order valence-electron chi connectivity index (χ4n) is 2.71. The maximum absolute atomic E-state index is 5.61. The number of anilines is 1. The molecule has 0 saturated heterocycles. The molecule has 0 amide bonds. The van der Waals surface area contributed by atoms with E-state index in [0.717, 1.165) is 24.6 Å². The van der Waals surface area contributed by atoms with Crippen molar-refractivity contribution in [3.05, 3.63) is 24.2 Å². The Hall–Kier alpha value is -1.91. The molecule has 1 fully saturated rings. The molecule has 2 N–H and O–H groups in total. The Bertz CT molecular complexity index is 549. The molecule has 0 spiro atoms. The molecule has 1 aliphatic carbocycles. The van der Waals surface area contributed by atoms with Crippen LogP contribution in [0, 0.1) is 5.92 Å². The normalized spacial score (nSPS) is 23.4. The van der Waals surface area contributed by atoms with E-state index < -0.39 is 0 Å². The first-order chi connectivity index (χ1) is 9.22. The number of rotatable bonds is 2. The first-order valence-corrected chi connectivity index (χ1v) is 6.78. The van der Waals surface area contributed by atoms with Gasteiger partial charge in [0.15, 0.2) is 5.82 Å². The first-order valence-electron chi connectivity index (χ1n) is 6.78. The van der Waals surface area contributed by atoms with E-state index in [4.69, 9.17) is 10.3 Å². The fraction of sp³-hybridized carbons (Fsp3) is 0.500. The maximum atomic E-state index is 5.61. The molecule has 3 rings (SSSR count). The van der Waals surface area contributed by atoms with E-state index in [1.807, 2.05) is 0 Å². The van der Waals surface area contributed by atoms with Gasteiger partial charge in [-0.05, 0) is 30.9 Å². The van der Waals surface area contributed by atoms with Crippen molar-refractivity contribution in [3.63, 3.8) is 0 Å². The third kappa shape index (κ3) is 2.59. The second-order valence-corrected chi connectivity index (χ2v) is 5.40. The predicted octanol–water partition coefficient (Wildman–Crippen LogP) is 3.01. The van der Waals surface area contributed by atoms with Gasteiger partial charge in [0.25, 0.3) is 5.89 Å². The molecular weight excluding hydrogens is 240 g/mol. The third-order valence-corrected chi connectivity index (χ3v) is 3.75. The minimum absolute atomic E-state index is 0.426. The molecule has 5 heteroatoms. The van der Waals surface area contributed by atoms with E-state index in [1.54, 1.807) is 18.3 Å². The molecule has 2 atom stereocenters. The van der Waals surface area contributed by atoms with Crippen molar-refractivity contribution in [1.82, 2.24) is 15.1 Å². The van der Waals surface area contributed by atoms with Gasteiger partial charge in [-0.2, -0.15) is 4.98 Å². The smallest absolute Gasteiger partial charge is 0.276 e. The van der Waals surface area contributed by atoms with Crippen molar-refractivity contribution >= 4 is 5.69 Å². The molecule has 0 bridgehead atoms. The monoisotopic (exact) mass is 258 g/mol. The lowest BCUT2D eigenvalue weighted by Crippen LogP contribution is -2.12. The van der Waals surface area contributed by atoms with Crippen LogP contribution in [0.3, 0.4) is 0 Å². The highest BCUT2D eigenvalue weighted by molar-refractivity contribution is 5.50. The summed E-state index contributed by atoms with van der Waals surface area (Å²) in [6.07, 6.45) is 6.45. The van der Waals surface area contributed by atoms with Gasteiger partial charge in [0.1, 0.15) is 5.69 Å². The standard InChI is InChI=1S/C14H18N4O/c1-9-3-2-4-10(7-9)13-17-14(19-18-13)12-6-5-11(15)8-16-12/h5-6,8-10H,2-4,7,15H2,1H3. The van der Waals surface area contributed by atoms with Gasteiger partial charge in [-0.1, -0.05) is 24.9 Å². The zero-order valence-corrected chi connectivity index (χ0v) is 11.0. The van der Waals surface area contributed by atoms with E-state index in [9.17, 15) is 0 Å². The summed E-state index contributed by atoms with van der Waals surface area (Å²) in [7, 11) is 0. The maximum Gasteiger partial charge on any atom is 0.276 e. The van der Waals surface area contributed by atoms with Gasteiger partial charge < -0.3 is 10.3 Å². The summed E-state index contributed by atoms with van der Waals surface area (Å²) in [6, 6.07) is 3.59. The SMILES string of the molecule is CC1CCCC(c2noc(-c3ccc(N)cn3)n2)C1. The minimum Gasteiger partial charge on any atom is -0.397 e. The van der Waals surface area contributed by atoms with E-state index in [-0.39, 0.29) is 0 Å². The van der Waals surface area contributed by atoms with Gasteiger partial charge in [-0.25, -0.2) is 4.98 Å². The number of pyridine rings is 1. The number of hydrogen-bond donors (Lipinski definition) is 1. The Labute approximate surface area is 112 Å². The summed E-state index contributed by atoms with van der Waals surface area (Å²) in [5.41, 5.74) is 6.92. The molecule has 2 heterocycles. The number of hydrogen-bond acceptors (Lipinski definition) is 5. The van der Waals surface area contributed by atoms with Gasteiger partial charge in [0.05, 0.1) is 11.9 Å². The van der Waals surface area contributed by atoms with Crippen molar-refractivity contribution in [3.8, 4) is 11.6 Å². The molecule has 19 heavy (non-hydrogen) atoms. The summed E-state index contributed by atoms with van der Waals surface area (Å²) >= 11 is 0. The minimum atomic E-state index is 0.426. The number of nitrogens with zero attached hydrogens (tertiary/aromatic N) is 3. The van der Waals surface area contributed by atoms with E-state index in [2.05, 4.69) is 22.0 Å². The van der Waals surface area contributed by atoms with Crippen molar-refractivity contribution in [1.29, 1.82) is 0 Å². The molecule has 1 aliphatic rings. The summed E-state index contributed by atoms with van der Waals surface area (Å²) in [6.45, 7) is 2.29. The molecule has 2 aromatic rings. The Morgan fingerprint density at radius 3 is 2.95 bits per heavy atom. The van der Waals surface area contributed by atoms with E-state index >= 15 is 0 Å². The molecular formula is C14H18N4O. The highest BCUT2D eigenvalue weighted by Crippen LogP contribution is 2.35. The topological polar surface area (TPSA) is 77.8 Å². The van der Waals surface area contributed by atoms with Gasteiger partial charge >= 0.3 is 0 Å².